The minimum absolute atomic E-state index is 0.216. The van der Waals surface area contributed by atoms with Gasteiger partial charge < -0.3 is 19.3 Å². The molecule has 0 heterocycles. The van der Waals surface area contributed by atoms with Gasteiger partial charge in [0.1, 0.15) is 6.61 Å². The van der Waals surface area contributed by atoms with Crippen molar-refractivity contribution < 1.29 is 37.9 Å². The maximum Gasteiger partial charge on any atom is 0.469 e. The first kappa shape index (κ1) is 48.8. The molecule has 0 aliphatic rings. The zero-order chi connectivity index (χ0) is 36.8. The first-order valence-corrected chi connectivity index (χ1v) is 22.5. The Hall–Kier alpha value is -1.21. The normalized spacial score (nSPS) is 12.5. The van der Waals surface area contributed by atoms with Crippen molar-refractivity contribution in [1.29, 1.82) is 0 Å². The number of hydrogen-bond donors (Lipinski definition) is 2. The van der Waals surface area contributed by atoms with Crippen molar-refractivity contribution in [2.75, 3.05) is 13.2 Å². The molecule has 0 aliphatic heterocycles. The molecule has 0 saturated heterocycles. The summed E-state index contributed by atoms with van der Waals surface area (Å²) in [5, 5.41) is 0. The molecule has 0 aromatic carbocycles. The number of allylic oxidation sites excluding steroid dienone is 2. The first-order chi connectivity index (χ1) is 24.3. The second-order valence-electron chi connectivity index (χ2n) is 14.3. The molecule has 0 spiro atoms. The van der Waals surface area contributed by atoms with E-state index in [2.05, 4.69) is 30.5 Å². The molecule has 0 fully saturated rings. The Bertz CT molecular complexity index is 827. The van der Waals surface area contributed by atoms with E-state index in [0.717, 1.165) is 51.4 Å². The van der Waals surface area contributed by atoms with Gasteiger partial charge in [-0.25, -0.2) is 4.57 Å². The Labute approximate surface area is 307 Å². The summed E-state index contributed by atoms with van der Waals surface area (Å²) < 4.78 is 26.3. The topological polar surface area (TPSA) is 119 Å². The highest BCUT2D eigenvalue weighted by Crippen LogP contribution is 2.36. The third-order valence-electron chi connectivity index (χ3n) is 9.28. The third-order valence-corrected chi connectivity index (χ3v) is 9.77. The lowest BCUT2D eigenvalue weighted by Gasteiger charge is -2.18. The average Bonchev–Trinajstić information content (AvgIpc) is 3.08. The highest BCUT2D eigenvalue weighted by Gasteiger charge is 2.22. The molecule has 0 rings (SSSR count). The van der Waals surface area contributed by atoms with E-state index < -0.39 is 32.5 Å². The van der Waals surface area contributed by atoms with Crippen molar-refractivity contribution in [3.05, 3.63) is 12.2 Å². The Balaban J connectivity index is 3.82. The van der Waals surface area contributed by atoms with E-state index >= 15 is 0 Å². The van der Waals surface area contributed by atoms with Crippen LogP contribution in [0.25, 0.3) is 0 Å². The number of esters is 2. The molecule has 1 atom stereocenters. The summed E-state index contributed by atoms with van der Waals surface area (Å²) in [6.07, 6.45) is 40.9. The summed E-state index contributed by atoms with van der Waals surface area (Å²) in [5.74, 6) is -0.885. The molecule has 50 heavy (non-hydrogen) atoms. The summed E-state index contributed by atoms with van der Waals surface area (Å²) >= 11 is 0. The second-order valence-corrected chi connectivity index (χ2v) is 15.6. The SMILES string of the molecule is CCCC/C=C\CCCCCCCC(=O)OC[C@H](COP(=O)(O)O)OC(=O)CCCCCCCCCCCCCCCCCCCCCCC. The number of unbranched alkanes of at least 4 members (excludes halogenated alkanes) is 27. The standard InChI is InChI=1S/C41H79O8P/c1-3-5-7-9-11-13-15-16-17-18-19-20-21-22-23-24-26-28-30-32-34-36-41(43)49-39(38-48-50(44,45)46)37-47-40(42)35-33-31-29-27-25-14-12-10-8-6-4-2/h10,12,39H,3-9,11,13-38H2,1-2H3,(H2,44,45,46)/b12-10-/t39-/m1/s1. The molecule has 2 N–H and O–H groups in total. The lowest BCUT2D eigenvalue weighted by molar-refractivity contribution is -0.161. The summed E-state index contributed by atoms with van der Waals surface area (Å²) in [6, 6.07) is 0. The molecule has 8 nitrogen and oxygen atoms in total. The van der Waals surface area contributed by atoms with Crippen LogP contribution in [0.2, 0.25) is 0 Å². The van der Waals surface area contributed by atoms with E-state index in [9.17, 15) is 14.2 Å². The molecular formula is C41H79O8P. The van der Waals surface area contributed by atoms with Gasteiger partial charge in [0, 0.05) is 12.8 Å². The highest BCUT2D eigenvalue weighted by molar-refractivity contribution is 7.46. The van der Waals surface area contributed by atoms with Crippen molar-refractivity contribution >= 4 is 19.8 Å². The maximum absolute atomic E-state index is 12.4. The Morgan fingerprint density at radius 3 is 1.28 bits per heavy atom. The maximum atomic E-state index is 12.4. The molecule has 0 amide bonds. The van der Waals surface area contributed by atoms with Crippen LogP contribution in [-0.4, -0.2) is 41.0 Å². The number of ether oxygens (including phenoxy) is 2. The van der Waals surface area contributed by atoms with E-state index in [1.54, 1.807) is 0 Å². The van der Waals surface area contributed by atoms with Crippen molar-refractivity contribution in [2.45, 2.75) is 225 Å². The number of carbonyl (C=O) groups excluding carboxylic acids is 2. The fourth-order valence-corrected chi connectivity index (χ4v) is 6.48. The Morgan fingerprint density at radius 2 is 0.860 bits per heavy atom. The fraction of sp³-hybridized carbons (Fsp3) is 0.902. The van der Waals surface area contributed by atoms with Crippen LogP contribution in [0.1, 0.15) is 219 Å². The van der Waals surface area contributed by atoms with Gasteiger partial charge in [-0.15, -0.1) is 0 Å². The predicted molar refractivity (Wildman–Crippen MR) is 207 cm³/mol. The number of phosphoric acid groups is 1. The number of rotatable bonds is 39. The van der Waals surface area contributed by atoms with E-state index in [1.165, 1.54) is 128 Å². The van der Waals surface area contributed by atoms with Crippen molar-refractivity contribution in [3.8, 4) is 0 Å². The van der Waals surface area contributed by atoms with Gasteiger partial charge in [0.15, 0.2) is 6.10 Å². The number of carbonyl (C=O) groups is 2. The second kappa shape index (κ2) is 37.5. The molecule has 0 aromatic heterocycles. The highest BCUT2D eigenvalue weighted by atomic mass is 31.2. The molecule has 0 aliphatic carbocycles. The zero-order valence-corrected chi connectivity index (χ0v) is 33.5. The van der Waals surface area contributed by atoms with E-state index in [0.29, 0.717) is 12.8 Å². The van der Waals surface area contributed by atoms with Crippen molar-refractivity contribution in [1.82, 2.24) is 0 Å². The fourth-order valence-electron chi connectivity index (χ4n) is 6.12. The van der Waals surface area contributed by atoms with Gasteiger partial charge in [-0.3, -0.25) is 14.1 Å². The molecular weight excluding hydrogens is 651 g/mol. The van der Waals surface area contributed by atoms with Crippen LogP contribution in [-0.2, 0) is 28.2 Å². The summed E-state index contributed by atoms with van der Waals surface area (Å²) in [4.78, 5) is 42.7. The molecule has 0 unspecified atom stereocenters. The van der Waals surface area contributed by atoms with Gasteiger partial charge in [0.05, 0.1) is 6.61 Å². The van der Waals surface area contributed by atoms with Crippen LogP contribution in [0.3, 0.4) is 0 Å². The van der Waals surface area contributed by atoms with Crippen molar-refractivity contribution in [3.63, 3.8) is 0 Å². The number of hydrogen-bond acceptors (Lipinski definition) is 6. The zero-order valence-electron chi connectivity index (χ0n) is 32.6. The minimum atomic E-state index is -4.75. The molecule has 0 aromatic rings. The van der Waals surface area contributed by atoms with Gasteiger partial charge >= 0.3 is 19.8 Å². The van der Waals surface area contributed by atoms with Gasteiger partial charge in [-0.2, -0.15) is 0 Å². The third kappa shape index (κ3) is 39.6. The lowest BCUT2D eigenvalue weighted by Crippen LogP contribution is -2.29. The molecule has 9 heteroatoms. The monoisotopic (exact) mass is 731 g/mol. The van der Waals surface area contributed by atoms with Gasteiger partial charge in [-0.05, 0) is 32.1 Å². The van der Waals surface area contributed by atoms with Crippen LogP contribution >= 0.6 is 7.82 Å². The van der Waals surface area contributed by atoms with Gasteiger partial charge in [0.2, 0.25) is 0 Å². The molecule has 0 saturated carbocycles. The molecule has 0 bridgehead atoms. The van der Waals surface area contributed by atoms with Gasteiger partial charge in [-0.1, -0.05) is 187 Å². The average molecular weight is 731 g/mol. The Kier molecular flexibility index (Phi) is 36.6. The predicted octanol–water partition coefficient (Wildman–Crippen LogP) is 12.6. The Morgan fingerprint density at radius 1 is 0.500 bits per heavy atom. The smallest absolute Gasteiger partial charge is 0.462 e. The van der Waals surface area contributed by atoms with Crippen LogP contribution in [0.15, 0.2) is 12.2 Å². The van der Waals surface area contributed by atoms with E-state index in [1.807, 2.05) is 0 Å². The summed E-state index contributed by atoms with van der Waals surface area (Å²) in [5.41, 5.74) is 0. The van der Waals surface area contributed by atoms with Crippen LogP contribution in [0, 0.1) is 0 Å². The van der Waals surface area contributed by atoms with E-state index in [4.69, 9.17) is 19.3 Å². The molecule has 0 radical (unpaired) electrons. The number of phosphoric ester groups is 1. The largest absolute Gasteiger partial charge is 0.469 e. The molecule has 296 valence electrons. The quantitative estimate of drug-likeness (QED) is 0.0278. The van der Waals surface area contributed by atoms with Crippen LogP contribution in [0.4, 0.5) is 0 Å². The lowest BCUT2D eigenvalue weighted by atomic mass is 10.0. The van der Waals surface area contributed by atoms with Gasteiger partial charge in [0.25, 0.3) is 0 Å². The van der Waals surface area contributed by atoms with Crippen LogP contribution in [0.5, 0.6) is 0 Å². The summed E-state index contributed by atoms with van der Waals surface area (Å²) in [7, 11) is -4.75. The minimum Gasteiger partial charge on any atom is -0.462 e. The van der Waals surface area contributed by atoms with Crippen LogP contribution < -0.4 is 0 Å². The van der Waals surface area contributed by atoms with Crippen molar-refractivity contribution in [2.24, 2.45) is 0 Å². The first-order valence-electron chi connectivity index (χ1n) is 21.0. The summed E-state index contributed by atoms with van der Waals surface area (Å²) in [6.45, 7) is 3.66. The van der Waals surface area contributed by atoms with E-state index in [-0.39, 0.29) is 19.4 Å².